The molecule has 0 bridgehead atoms. The quantitative estimate of drug-likeness (QED) is 0.775. The van der Waals surface area contributed by atoms with Crippen LogP contribution in [0.3, 0.4) is 0 Å². The lowest BCUT2D eigenvalue weighted by Crippen LogP contribution is -2.32. The largest absolute Gasteiger partial charge is 0.304 e. The second-order valence-corrected chi connectivity index (χ2v) is 6.12. The normalized spacial score (nSPS) is 13.4. The Morgan fingerprint density at radius 3 is 2.76 bits per heavy atom. The van der Waals surface area contributed by atoms with E-state index in [1.807, 2.05) is 18.2 Å². The smallest absolute Gasteiger partial charge is 0.231 e. The van der Waals surface area contributed by atoms with Crippen molar-refractivity contribution in [2.24, 2.45) is 0 Å². The van der Waals surface area contributed by atoms with E-state index in [1.54, 1.807) is 24.3 Å². The molecule has 0 aliphatic carbocycles. The number of benzene rings is 2. The highest BCUT2D eigenvalue weighted by Gasteiger charge is 2.29. The minimum absolute atomic E-state index is 0.0226. The van der Waals surface area contributed by atoms with Gasteiger partial charge in [0.2, 0.25) is 5.91 Å². The average Bonchev–Trinajstić information content (AvgIpc) is 2.75. The molecule has 0 saturated carbocycles. The summed E-state index contributed by atoms with van der Waals surface area (Å²) in [5.74, 6) is -0.184. The van der Waals surface area contributed by atoms with Crippen molar-refractivity contribution >= 4 is 44.9 Å². The van der Waals surface area contributed by atoms with E-state index in [9.17, 15) is 9.59 Å². The molecule has 21 heavy (non-hydrogen) atoms. The van der Waals surface area contributed by atoms with Gasteiger partial charge in [-0.2, -0.15) is 0 Å². The van der Waals surface area contributed by atoms with Gasteiger partial charge in [0.25, 0.3) is 0 Å². The number of nitrogens with zero attached hydrogens (tertiary/aromatic N) is 1. The van der Waals surface area contributed by atoms with Crippen LogP contribution in [0.2, 0.25) is 5.02 Å². The van der Waals surface area contributed by atoms with Crippen molar-refractivity contribution in [2.75, 3.05) is 11.4 Å². The lowest BCUT2D eigenvalue weighted by Gasteiger charge is -2.17. The van der Waals surface area contributed by atoms with Gasteiger partial charge < -0.3 is 4.90 Å². The molecule has 3 nitrogen and oxygen atoms in total. The Labute approximate surface area is 135 Å². The molecule has 1 amide bonds. The molecule has 0 saturated heterocycles. The summed E-state index contributed by atoms with van der Waals surface area (Å²) in [5.41, 5.74) is 2.21. The molecule has 2 aromatic carbocycles. The maximum atomic E-state index is 12.4. The number of hydrogen-bond acceptors (Lipinski definition) is 2. The van der Waals surface area contributed by atoms with Crippen molar-refractivity contribution < 1.29 is 9.59 Å². The van der Waals surface area contributed by atoms with Gasteiger partial charge in [-0.3, -0.25) is 9.59 Å². The zero-order valence-electron chi connectivity index (χ0n) is 11.0. The van der Waals surface area contributed by atoms with E-state index in [4.69, 9.17) is 11.6 Å². The fraction of sp³-hybridized carbons (Fsp3) is 0.125. The van der Waals surface area contributed by atoms with Crippen LogP contribution in [0.4, 0.5) is 5.69 Å². The number of ketones is 1. The summed E-state index contributed by atoms with van der Waals surface area (Å²) in [6, 6.07) is 12.5. The first-order chi connectivity index (χ1) is 10.1. The van der Waals surface area contributed by atoms with Gasteiger partial charge in [-0.25, -0.2) is 0 Å². The highest BCUT2D eigenvalue weighted by molar-refractivity contribution is 9.10. The Morgan fingerprint density at radius 2 is 2.00 bits per heavy atom. The maximum Gasteiger partial charge on any atom is 0.231 e. The molecule has 0 N–H and O–H groups in total. The molecule has 0 fully saturated rings. The van der Waals surface area contributed by atoms with Gasteiger partial charge in [-0.15, -0.1) is 0 Å². The fourth-order valence-electron chi connectivity index (χ4n) is 2.42. The van der Waals surface area contributed by atoms with E-state index in [2.05, 4.69) is 15.9 Å². The molecule has 2 aromatic rings. The van der Waals surface area contributed by atoms with Crippen molar-refractivity contribution in [3.05, 3.63) is 63.1 Å². The Hall–Kier alpha value is -1.65. The van der Waals surface area contributed by atoms with Gasteiger partial charge in [-0.1, -0.05) is 51.8 Å². The predicted octanol–water partition coefficient (Wildman–Crippen LogP) is 3.87. The van der Waals surface area contributed by atoms with E-state index in [-0.39, 0.29) is 18.2 Å². The number of carbonyl (C=O) groups excluding carboxylic acids is 2. The Bertz CT molecular complexity index is 745. The second kappa shape index (κ2) is 5.62. The van der Waals surface area contributed by atoms with Gasteiger partial charge in [0, 0.05) is 20.7 Å². The monoisotopic (exact) mass is 363 g/mol. The molecule has 0 radical (unpaired) electrons. The highest BCUT2D eigenvalue weighted by atomic mass is 79.9. The van der Waals surface area contributed by atoms with E-state index in [0.29, 0.717) is 17.0 Å². The van der Waals surface area contributed by atoms with E-state index in [1.165, 1.54) is 4.90 Å². The fourth-order valence-corrected chi connectivity index (χ4v) is 3.09. The number of anilines is 1. The third kappa shape index (κ3) is 2.74. The van der Waals surface area contributed by atoms with Crippen LogP contribution in [0.15, 0.2) is 46.9 Å². The minimum Gasteiger partial charge on any atom is -0.304 e. The molecule has 0 aromatic heterocycles. The summed E-state index contributed by atoms with van der Waals surface area (Å²) in [4.78, 5) is 26.0. The van der Waals surface area contributed by atoms with Crippen LogP contribution in [0.1, 0.15) is 15.9 Å². The summed E-state index contributed by atoms with van der Waals surface area (Å²) in [7, 11) is 0. The van der Waals surface area contributed by atoms with Gasteiger partial charge in [-0.05, 0) is 23.8 Å². The molecule has 0 spiro atoms. The zero-order valence-corrected chi connectivity index (χ0v) is 13.3. The molecule has 0 unspecified atom stereocenters. The maximum absolute atomic E-state index is 12.4. The molecule has 1 aliphatic heterocycles. The second-order valence-electron chi connectivity index (χ2n) is 4.83. The summed E-state index contributed by atoms with van der Waals surface area (Å²) in [6.45, 7) is 0.0226. The Balaban J connectivity index is 1.89. The third-order valence-corrected chi connectivity index (χ3v) is 4.38. The molecular weight excluding hydrogens is 354 g/mol. The lowest BCUT2D eigenvalue weighted by atomic mass is 10.1. The van der Waals surface area contributed by atoms with Gasteiger partial charge in [0.15, 0.2) is 5.78 Å². The van der Waals surface area contributed by atoms with E-state index >= 15 is 0 Å². The first-order valence-corrected chi connectivity index (χ1v) is 7.60. The van der Waals surface area contributed by atoms with Gasteiger partial charge >= 0.3 is 0 Å². The topological polar surface area (TPSA) is 37.4 Å². The van der Waals surface area contributed by atoms with Gasteiger partial charge in [0.05, 0.1) is 13.0 Å². The van der Waals surface area contributed by atoms with Crippen molar-refractivity contribution in [3.8, 4) is 0 Å². The highest BCUT2D eigenvalue weighted by Crippen LogP contribution is 2.31. The van der Waals surface area contributed by atoms with Crippen molar-refractivity contribution in [3.63, 3.8) is 0 Å². The standard InChI is InChI=1S/C16H11BrClNO2/c17-13-4-2-1-3-12(13)15(20)9-19-14-8-11(18)6-5-10(14)7-16(19)21/h1-6,8H,7,9H2. The number of halogens is 2. The molecule has 3 rings (SSSR count). The van der Waals surface area contributed by atoms with Crippen molar-refractivity contribution in [1.29, 1.82) is 0 Å². The van der Waals surface area contributed by atoms with Gasteiger partial charge in [0.1, 0.15) is 0 Å². The van der Waals surface area contributed by atoms with Crippen LogP contribution in [-0.2, 0) is 11.2 Å². The number of amides is 1. The number of fused-ring (bicyclic) bond motifs is 1. The zero-order chi connectivity index (χ0) is 15.0. The van der Waals surface area contributed by atoms with E-state index in [0.717, 1.165) is 15.7 Å². The summed E-state index contributed by atoms with van der Waals surface area (Å²) < 4.78 is 0.730. The van der Waals surface area contributed by atoms with Crippen LogP contribution in [0.25, 0.3) is 0 Å². The Morgan fingerprint density at radius 1 is 1.24 bits per heavy atom. The number of hydrogen-bond donors (Lipinski definition) is 0. The Kier molecular flexibility index (Phi) is 3.83. The van der Waals surface area contributed by atoms with E-state index < -0.39 is 0 Å². The third-order valence-electron chi connectivity index (χ3n) is 3.46. The average molecular weight is 365 g/mol. The number of rotatable bonds is 3. The predicted molar refractivity (Wildman–Crippen MR) is 86.0 cm³/mol. The molecule has 0 atom stereocenters. The lowest BCUT2D eigenvalue weighted by molar-refractivity contribution is -0.117. The summed E-state index contributed by atoms with van der Waals surface area (Å²) in [5, 5.41) is 0.557. The van der Waals surface area contributed by atoms with Crippen molar-refractivity contribution in [2.45, 2.75) is 6.42 Å². The molecular formula is C16H11BrClNO2. The van der Waals surface area contributed by atoms with Crippen LogP contribution in [-0.4, -0.2) is 18.2 Å². The van der Waals surface area contributed by atoms with Crippen molar-refractivity contribution in [1.82, 2.24) is 0 Å². The van der Waals surface area contributed by atoms with Crippen LogP contribution >= 0.6 is 27.5 Å². The number of Topliss-reactive ketones (excluding diaryl/α,β-unsaturated/α-hetero) is 1. The molecule has 106 valence electrons. The first kappa shape index (κ1) is 14.3. The molecule has 1 aliphatic rings. The molecule has 1 heterocycles. The summed E-state index contributed by atoms with van der Waals surface area (Å²) >= 11 is 9.34. The SMILES string of the molecule is O=C(CN1C(=O)Cc2ccc(Cl)cc21)c1ccccc1Br. The number of carbonyl (C=O) groups is 2. The van der Waals surface area contributed by atoms with Crippen LogP contribution < -0.4 is 4.90 Å². The van der Waals surface area contributed by atoms with Crippen LogP contribution in [0.5, 0.6) is 0 Å². The van der Waals surface area contributed by atoms with Crippen LogP contribution in [0, 0.1) is 0 Å². The molecule has 5 heteroatoms. The minimum atomic E-state index is -0.108. The first-order valence-electron chi connectivity index (χ1n) is 6.43. The summed E-state index contributed by atoms with van der Waals surface area (Å²) in [6.07, 6.45) is 0.315.